The first-order chi connectivity index (χ1) is 14.7. The zero-order valence-corrected chi connectivity index (χ0v) is 19.0. The van der Waals surface area contributed by atoms with Gasteiger partial charge in [-0.15, -0.1) is 0 Å². The van der Waals surface area contributed by atoms with Gasteiger partial charge in [-0.3, -0.25) is 13.9 Å². The van der Waals surface area contributed by atoms with Crippen molar-refractivity contribution in [3.63, 3.8) is 0 Å². The van der Waals surface area contributed by atoms with Crippen molar-refractivity contribution in [2.75, 3.05) is 36.0 Å². The fourth-order valence-electron chi connectivity index (χ4n) is 3.69. The number of aryl methyl sites for hydroxylation is 1. The summed E-state index contributed by atoms with van der Waals surface area (Å²) >= 11 is 0. The number of rotatable bonds is 5. The summed E-state index contributed by atoms with van der Waals surface area (Å²) in [5.41, 5.74) is 2.39. The Hall–Kier alpha value is -2.87. The molecule has 166 valence electrons. The second kappa shape index (κ2) is 9.51. The lowest BCUT2D eigenvalue weighted by Crippen LogP contribution is -2.32. The molecule has 31 heavy (non-hydrogen) atoms. The molecule has 1 fully saturated rings. The van der Waals surface area contributed by atoms with Crippen LogP contribution < -0.4 is 9.62 Å². The number of nitrogens with one attached hydrogen (secondary N) is 1. The molecule has 1 saturated heterocycles. The molecule has 0 spiro atoms. The second-order valence-corrected chi connectivity index (χ2v) is 9.95. The number of likely N-dealkylation sites (tertiary alicyclic amines) is 1. The highest BCUT2D eigenvalue weighted by atomic mass is 32.2. The Bertz CT molecular complexity index is 1070. The number of anilines is 2. The predicted octanol–water partition coefficient (Wildman–Crippen LogP) is 3.66. The number of hydrogen-bond acceptors (Lipinski definition) is 4. The van der Waals surface area contributed by atoms with Crippen LogP contribution in [0.25, 0.3) is 0 Å². The van der Waals surface area contributed by atoms with E-state index in [1.807, 2.05) is 4.90 Å². The lowest BCUT2D eigenvalue weighted by atomic mass is 10.1. The van der Waals surface area contributed by atoms with Gasteiger partial charge in [-0.25, -0.2) is 8.42 Å². The van der Waals surface area contributed by atoms with Crippen molar-refractivity contribution in [2.24, 2.45) is 0 Å². The van der Waals surface area contributed by atoms with E-state index >= 15 is 0 Å². The molecule has 0 aromatic heterocycles. The molecule has 0 saturated carbocycles. The molecular weight excluding hydrogens is 414 g/mol. The van der Waals surface area contributed by atoms with Crippen LogP contribution in [0.4, 0.5) is 11.4 Å². The van der Waals surface area contributed by atoms with E-state index in [1.165, 1.54) is 7.05 Å². The molecule has 0 aliphatic carbocycles. The van der Waals surface area contributed by atoms with Crippen molar-refractivity contribution in [1.29, 1.82) is 0 Å². The summed E-state index contributed by atoms with van der Waals surface area (Å²) in [6.45, 7) is 3.23. The Labute approximate surface area is 184 Å². The molecule has 2 amide bonds. The second-order valence-electron chi connectivity index (χ2n) is 7.94. The van der Waals surface area contributed by atoms with Crippen LogP contribution in [0.15, 0.2) is 42.5 Å². The molecule has 0 radical (unpaired) electrons. The van der Waals surface area contributed by atoms with Crippen LogP contribution in [0.3, 0.4) is 0 Å². The predicted molar refractivity (Wildman–Crippen MR) is 123 cm³/mol. The van der Waals surface area contributed by atoms with Gasteiger partial charge in [0.2, 0.25) is 10.0 Å². The SMILES string of the molecule is Cc1ccc(C(=O)Nc2ccccc2C(=O)N2CCCCCC2)cc1N(C)S(C)(=O)=O. The molecule has 1 heterocycles. The summed E-state index contributed by atoms with van der Waals surface area (Å²) in [6, 6.07) is 11.9. The van der Waals surface area contributed by atoms with Crippen LogP contribution in [0.2, 0.25) is 0 Å². The van der Waals surface area contributed by atoms with Crippen LogP contribution in [0.1, 0.15) is 52.0 Å². The van der Waals surface area contributed by atoms with Crippen molar-refractivity contribution in [3.8, 4) is 0 Å². The fraction of sp³-hybridized carbons (Fsp3) is 0.391. The summed E-state index contributed by atoms with van der Waals surface area (Å²) < 4.78 is 25.0. The molecule has 7 nitrogen and oxygen atoms in total. The van der Waals surface area contributed by atoms with Gasteiger partial charge in [0.25, 0.3) is 11.8 Å². The number of carbonyl (C=O) groups excluding carboxylic acids is 2. The van der Waals surface area contributed by atoms with E-state index in [9.17, 15) is 18.0 Å². The van der Waals surface area contributed by atoms with Gasteiger partial charge in [0.1, 0.15) is 0 Å². The van der Waals surface area contributed by atoms with Crippen molar-refractivity contribution in [2.45, 2.75) is 32.6 Å². The van der Waals surface area contributed by atoms with E-state index in [4.69, 9.17) is 0 Å². The molecule has 0 atom stereocenters. The third kappa shape index (κ3) is 5.44. The molecular formula is C23H29N3O4S. The van der Waals surface area contributed by atoms with Crippen LogP contribution in [-0.2, 0) is 10.0 Å². The highest BCUT2D eigenvalue weighted by Crippen LogP contribution is 2.25. The van der Waals surface area contributed by atoms with E-state index in [0.29, 0.717) is 22.5 Å². The van der Waals surface area contributed by atoms with Crippen LogP contribution in [0, 0.1) is 6.92 Å². The number of amides is 2. The number of nitrogens with zero attached hydrogens (tertiary/aromatic N) is 2. The van der Waals surface area contributed by atoms with E-state index in [1.54, 1.807) is 49.4 Å². The first kappa shape index (κ1) is 22.8. The quantitative estimate of drug-likeness (QED) is 0.764. The summed E-state index contributed by atoms with van der Waals surface area (Å²) in [5, 5.41) is 2.83. The van der Waals surface area contributed by atoms with Crippen LogP contribution >= 0.6 is 0 Å². The highest BCUT2D eigenvalue weighted by molar-refractivity contribution is 7.92. The minimum atomic E-state index is -3.46. The first-order valence-corrected chi connectivity index (χ1v) is 12.3. The van der Waals surface area contributed by atoms with Gasteiger partial charge >= 0.3 is 0 Å². The van der Waals surface area contributed by atoms with E-state index in [0.717, 1.165) is 54.9 Å². The average Bonchev–Trinajstić information content (AvgIpc) is 3.02. The van der Waals surface area contributed by atoms with Gasteiger partial charge < -0.3 is 10.2 Å². The minimum absolute atomic E-state index is 0.0841. The molecule has 8 heteroatoms. The van der Waals surface area contributed by atoms with Gasteiger partial charge in [0.15, 0.2) is 0 Å². The largest absolute Gasteiger partial charge is 0.339 e. The number of sulfonamides is 1. The van der Waals surface area contributed by atoms with Gasteiger partial charge in [0, 0.05) is 25.7 Å². The van der Waals surface area contributed by atoms with Crippen molar-refractivity contribution >= 4 is 33.2 Å². The zero-order valence-electron chi connectivity index (χ0n) is 18.2. The van der Waals surface area contributed by atoms with Crippen LogP contribution in [-0.4, -0.2) is 51.5 Å². The maximum atomic E-state index is 13.1. The lowest BCUT2D eigenvalue weighted by molar-refractivity contribution is 0.0762. The molecule has 1 aliphatic rings. The lowest BCUT2D eigenvalue weighted by Gasteiger charge is -2.22. The highest BCUT2D eigenvalue weighted by Gasteiger charge is 2.22. The topological polar surface area (TPSA) is 86.8 Å². The molecule has 3 rings (SSSR count). The van der Waals surface area contributed by atoms with Crippen molar-refractivity contribution in [3.05, 3.63) is 59.2 Å². The summed E-state index contributed by atoms with van der Waals surface area (Å²) in [7, 11) is -2.01. The Morgan fingerprint density at radius 2 is 1.65 bits per heavy atom. The van der Waals surface area contributed by atoms with Gasteiger partial charge in [0.05, 0.1) is 23.2 Å². The molecule has 1 aliphatic heterocycles. The summed E-state index contributed by atoms with van der Waals surface area (Å²) in [4.78, 5) is 27.9. The van der Waals surface area contributed by atoms with E-state index in [2.05, 4.69) is 5.32 Å². The van der Waals surface area contributed by atoms with Crippen LogP contribution in [0.5, 0.6) is 0 Å². The number of benzene rings is 2. The molecule has 1 N–H and O–H groups in total. The Kier molecular flexibility index (Phi) is 7.00. The summed E-state index contributed by atoms with van der Waals surface area (Å²) in [5.74, 6) is -0.488. The number of carbonyl (C=O) groups is 2. The van der Waals surface area contributed by atoms with Gasteiger partial charge in [-0.05, 0) is 49.6 Å². The van der Waals surface area contributed by atoms with Crippen molar-refractivity contribution in [1.82, 2.24) is 4.90 Å². The Morgan fingerprint density at radius 3 is 2.29 bits per heavy atom. The molecule has 0 bridgehead atoms. The summed E-state index contributed by atoms with van der Waals surface area (Å²) in [6.07, 6.45) is 5.34. The van der Waals surface area contributed by atoms with E-state index < -0.39 is 15.9 Å². The molecule has 2 aromatic rings. The smallest absolute Gasteiger partial charge is 0.255 e. The average molecular weight is 444 g/mol. The van der Waals surface area contributed by atoms with Gasteiger partial charge in [-0.1, -0.05) is 31.0 Å². The van der Waals surface area contributed by atoms with Crippen molar-refractivity contribution < 1.29 is 18.0 Å². The Morgan fingerprint density at radius 1 is 1.00 bits per heavy atom. The monoisotopic (exact) mass is 443 g/mol. The minimum Gasteiger partial charge on any atom is -0.339 e. The first-order valence-electron chi connectivity index (χ1n) is 10.4. The third-order valence-corrected chi connectivity index (χ3v) is 6.80. The standard InChI is InChI=1S/C23H29N3O4S/c1-17-12-13-18(16-21(17)25(2)31(3,29)30)22(27)24-20-11-7-6-10-19(20)23(28)26-14-8-4-5-9-15-26/h6-7,10-13,16H,4-5,8-9,14-15H2,1-3H3,(H,24,27). The number of hydrogen-bond donors (Lipinski definition) is 1. The van der Waals surface area contributed by atoms with Gasteiger partial charge in [-0.2, -0.15) is 0 Å². The fourth-order valence-corrected chi connectivity index (χ4v) is 4.24. The molecule has 0 unspecified atom stereocenters. The number of para-hydroxylation sites is 1. The zero-order chi connectivity index (χ0) is 22.6. The maximum absolute atomic E-state index is 13.1. The maximum Gasteiger partial charge on any atom is 0.255 e. The molecule has 2 aromatic carbocycles. The Balaban J connectivity index is 1.85. The van der Waals surface area contributed by atoms with E-state index in [-0.39, 0.29) is 5.91 Å². The third-order valence-electron chi connectivity index (χ3n) is 5.61. The normalized spacial score (nSPS) is 14.6.